The van der Waals surface area contributed by atoms with Crippen LogP contribution in [0.15, 0.2) is 24.3 Å². The molecular formula is C17H8F5NO4. The first-order valence-electron chi connectivity index (χ1n) is 6.97. The lowest BCUT2D eigenvalue weighted by molar-refractivity contribution is 0.0716. The topological polar surface area (TPSA) is 64.6 Å². The van der Waals surface area contributed by atoms with Gasteiger partial charge in [0.1, 0.15) is 0 Å². The van der Waals surface area contributed by atoms with E-state index in [1.165, 1.54) is 12.1 Å². The van der Waals surface area contributed by atoms with Gasteiger partial charge in [-0.1, -0.05) is 12.0 Å². The Hall–Kier alpha value is -3.61. The van der Waals surface area contributed by atoms with E-state index >= 15 is 0 Å². The predicted octanol–water partition coefficient (Wildman–Crippen LogP) is 3.78. The summed E-state index contributed by atoms with van der Waals surface area (Å²) in [7, 11) is 0. The molecule has 2 aromatic carbocycles. The molecule has 0 saturated heterocycles. The van der Waals surface area contributed by atoms with Gasteiger partial charge in [-0.05, 0) is 18.2 Å². The van der Waals surface area contributed by atoms with E-state index in [0.29, 0.717) is 0 Å². The van der Waals surface area contributed by atoms with Crippen molar-refractivity contribution in [3.8, 4) is 18.1 Å². The number of hydrogen-bond donors (Lipinski definition) is 1. The average molecular weight is 385 g/mol. The highest BCUT2D eigenvalue weighted by molar-refractivity contribution is 5.93. The number of nitrogens with one attached hydrogen (secondary N) is 1. The smallest absolute Gasteiger partial charge is 0.412 e. The number of carbonyl (C=O) groups is 2. The van der Waals surface area contributed by atoms with Gasteiger partial charge in [0.15, 0.2) is 6.61 Å². The van der Waals surface area contributed by atoms with Crippen LogP contribution < -0.4 is 10.1 Å². The zero-order valence-corrected chi connectivity index (χ0v) is 13.1. The van der Waals surface area contributed by atoms with E-state index in [1.807, 2.05) is 5.92 Å². The van der Waals surface area contributed by atoms with E-state index in [4.69, 9.17) is 6.42 Å². The van der Waals surface area contributed by atoms with Crippen LogP contribution in [-0.4, -0.2) is 18.7 Å². The summed E-state index contributed by atoms with van der Waals surface area (Å²) < 4.78 is 75.2. The van der Waals surface area contributed by atoms with Crippen LogP contribution >= 0.6 is 0 Å². The summed E-state index contributed by atoms with van der Waals surface area (Å²) in [6, 6.07) is 4.72. The number of anilines is 1. The van der Waals surface area contributed by atoms with Crippen molar-refractivity contribution in [3.05, 3.63) is 58.9 Å². The van der Waals surface area contributed by atoms with Crippen molar-refractivity contribution in [3.63, 3.8) is 0 Å². The minimum Gasteiger partial charge on any atom is -0.436 e. The molecule has 0 aliphatic heterocycles. The van der Waals surface area contributed by atoms with Crippen LogP contribution in [0.1, 0.15) is 10.4 Å². The minimum atomic E-state index is -2.39. The summed E-state index contributed by atoms with van der Waals surface area (Å²) in [5.41, 5.74) is -0.336. The number of ether oxygens (including phenoxy) is 2. The molecule has 27 heavy (non-hydrogen) atoms. The van der Waals surface area contributed by atoms with Crippen LogP contribution in [0.25, 0.3) is 0 Å². The quantitative estimate of drug-likeness (QED) is 0.217. The molecule has 0 bridgehead atoms. The SMILES string of the molecule is C#CCOC(=O)Nc1cccc(C(=O)Oc2c(F)c(F)c(F)c(F)c2F)c1. The Bertz CT molecular complexity index is 926. The van der Waals surface area contributed by atoms with Crippen molar-refractivity contribution in [1.82, 2.24) is 0 Å². The third-order valence-corrected chi connectivity index (χ3v) is 3.00. The Morgan fingerprint density at radius 2 is 1.59 bits per heavy atom. The van der Waals surface area contributed by atoms with Crippen molar-refractivity contribution in [1.29, 1.82) is 0 Å². The predicted molar refractivity (Wildman–Crippen MR) is 81.4 cm³/mol. The lowest BCUT2D eigenvalue weighted by atomic mass is 10.2. The molecule has 0 aromatic heterocycles. The summed E-state index contributed by atoms with van der Waals surface area (Å²) in [5, 5.41) is 2.20. The monoisotopic (exact) mass is 385 g/mol. The van der Waals surface area contributed by atoms with Crippen LogP contribution in [0.4, 0.5) is 32.4 Å². The van der Waals surface area contributed by atoms with Crippen LogP contribution in [0, 0.1) is 41.4 Å². The largest absolute Gasteiger partial charge is 0.436 e. The van der Waals surface area contributed by atoms with Gasteiger partial charge in [0, 0.05) is 5.69 Å². The third kappa shape index (κ3) is 4.33. The van der Waals surface area contributed by atoms with Crippen molar-refractivity contribution in [2.75, 3.05) is 11.9 Å². The average Bonchev–Trinajstić information content (AvgIpc) is 2.66. The second-order valence-electron chi connectivity index (χ2n) is 4.77. The molecule has 1 N–H and O–H groups in total. The first-order chi connectivity index (χ1) is 12.8. The number of hydrogen-bond acceptors (Lipinski definition) is 4. The standard InChI is InChI=1S/C17H8F5NO4/c1-2-6-26-17(25)23-9-5-3-4-8(7-9)16(24)27-15-13(21)11(19)10(18)12(20)14(15)22/h1,3-5,7H,6H2,(H,23,25). The van der Waals surface area contributed by atoms with Gasteiger partial charge in [0.2, 0.25) is 34.8 Å². The molecule has 0 fully saturated rings. The number of esters is 1. The highest BCUT2D eigenvalue weighted by Crippen LogP contribution is 2.29. The van der Waals surface area contributed by atoms with Crippen molar-refractivity contribution < 1.29 is 41.0 Å². The fraction of sp³-hybridized carbons (Fsp3) is 0.0588. The van der Waals surface area contributed by atoms with Crippen LogP contribution in [0.5, 0.6) is 5.75 Å². The summed E-state index contributed by atoms with van der Waals surface area (Å²) in [4.78, 5) is 23.3. The summed E-state index contributed by atoms with van der Waals surface area (Å²) >= 11 is 0. The highest BCUT2D eigenvalue weighted by Gasteiger charge is 2.28. The van der Waals surface area contributed by atoms with Gasteiger partial charge in [-0.25, -0.2) is 22.8 Å². The number of terminal acetylenes is 1. The maximum Gasteiger partial charge on any atom is 0.412 e. The molecule has 1 amide bonds. The maximum atomic E-state index is 13.6. The molecule has 0 unspecified atom stereocenters. The van der Waals surface area contributed by atoms with E-state index in [0.717, 1.165) is 12.1 Å². The van der Waals surface area contributed by atoms with Gasteiger partial charge in [0.25, 0.3) is 0 Å². The first kappa shape index (κ1) is 19.7. The summed E-state index contributed by atoms with van der Waals surface area (Å²) in [6.07, 6.45) is 3.96. The Morgan fingerprint density at radius 3 is 2.19 bits per heavy atom. The molecule has 0 spiro atoms. The molecule has 0 atom stereocenters. The van der Waals surface area contributed by atoms with E-state index in [-0.39, 0.29) is 17.9 Å². The van der Waals surface area contributed by atoms with Gasteiger partial charge in [-0.15, -0.1) is 6.42 Å². The lowest BCUT2D eigenvalue weighted by Gasteiger charge is -2.10. The van der Waals surface area contributed by atoms with Crippen molar-refractivity contribution in [2.45, 2.75) is 0 Å². The van der Waals surface area contributed by atoms with Crippen LogP contribution in [-0.2, 0) is 4.74 Å². The minimum absolute atomic E-state index is 0.0175. The number of amides is 1. The zero-order chi connectivity index (χ0) is 20.1. The molecule has 0 aliphatic carbocycles. The molecule has 0 saturated carbocycles. The lowest BCUT2D eigenvalue weighted by Crippen LogP contribution is -2.16. The van der Waals surface area contributed by atoms with Gasteiger partial charge >= 0.3 is 12.1 Å². The molecule has 0 aliphatic rings. The second kappa shape index (κ2) is 8.18. The Balaban J connectivity index is 2.24. The van der Waals surface area contributed by atoms with Gasteiger partial charge in [0.05, 0.1) is 5.56 Å². The zero-order valence-electron chi connectivity index (χ0n) is 13.1. The Labute approximate surface area is 148 Å². The molecule has 0 heterocycles. The van der Waals surface area contributed by atoms with Gasteiger partial charge in [-0.2, -0.15) is 8.78 Å². The fourth-order valence-electron chi connectivity index (χ4n) is 1.81. The molecule has 5 nitrogen and oxygen atoms in total. The van der Waals surface area contributed by atoms with Crippen LogP contribution in [0.3, 0.4) is 0 Å². The normalized spacial score (nSPS) is 10.1. The molecular weight excluding hydrogens is 377 g/mol. The third-order valence-electron chi connectivity index (χ3n) is 3.00. The van der Waals surface area contributed by atoms with Crippen molar-refractivity contribution in [2.24, 2.45) is 0 Å². The molecule has 140 valence electrons. The molecule has 2 rings (SSSR count). The number of carbonyl (C=O) groups excluding carboxylic acids is 2. The molecule has 10 heteroatoms. The van der Waals surface area contributed by atoms with Gasteiger partial charge in [-0.3, -0.25) is 5.32 Å². The summed E-state index contributed by atoms with van der Waals surface area (Å²) in [5.74, 6) is -12.6. The molecule has 0 radical (unpaired) electrons. The Kier molecular flexibility index (Phi) is 5.97. The highest BCUT2D eigenvalue weighted by atomic mass is 19.2. The number of benzene rings is 2. The Morgan fingerprint density at radius 1 is 1.00 bits per heavy atom. The van der Waals surface area contributed by atoms with E-state index in [2.05, 4.69) is 14.8 Å². The van der Waals surface area contributed by atoms with Crippen LogP contribution in [0.2, 0.25) is 0 Å². The van der Waals surface area contributed by atoms with E-state index < -0.39 is 46.9 Å². The maximum absolute atomic E-state index is 13.6. The van der Waals surface area contributed by atoms with Crippen molar-refractivity contribution >= 4 is 17.7 Å². The summed E-state index contributed by atoms with van der Waals surface area (Å²) in [6.45, 7) is -0.312. The number of rotatable bonds is 4. The molecule has 2 aromatic rings. The number of halogens is 5. The first-order valence-corrected chi connectivity index (χ1v) is 6.97. The van der Waals surface area contributed by atoms with E-state index in [1.54, 1.807) is 0 Å². The second-order valence-corrected chi connectivity index (χ2v) is 4.77. The fourth-order valence-corrected chi connectivity index (χ4v) is 1.81. The van der Waals surface area contributed by atoms with Gasteiger partial charge < -0.3 is 9.47 Å². The van der Waals surface area contributed by atoms with E-state index in [9.17, 15) is 31.5 Å².